The first kappa shape index (κ1) is 18.7. The van der Waals surface area contributed by atoms with Gasteiger partial charge in [-0.05, 0) is 23.8 Å². The van der Waals surface area contributed by atoms with Crippen LogP contribution in [-0.2, 0) is 4.79 Å². The highest BCUT2D eigenvalue weighted by Gasteiger charge is 2.28. The Morgan fingerprint density at radius 1 is 1.00 bits per heavy atom. The zero-order chi connectivity index (χ0) is 21.4. The first-order chi connectivity index (χ1) is 14.3. The summed E-state index contributed by atoms with van der Waals surface area (Å²) in [5.41, 5.74) is -1.51. The number of carbonyl (C=O) groups is 2. The number of imide groups is 1. The fourth-order valence-electron chi connectivity index (χ4n) is 3.00. The second-order valence-electron chi connectivity index (χ2n) is 6.23. The van der Waals surface area contributed by atoms with Crippen molar-refractivity contribution in [1.29, 1.82) is 0 Å². The number of hydrogen-bond acceptors (Lipinski definition) is 6. The summed E-state index contributed by atoms with van der Waals surface area (Å²) in [6.45, 7) is 0. The predicted molar refractivity (Wildman–Crippen MR) is 106 cm³/mol. The number of aromatic nitrogens is 2. The predicted octanol–water partition coefficient (Wildman–Crippen LogP) is 1.18. The molecule has 0 saturated heterocycles. The number of nitro groups is 1. The van der Waals surface area contributed by atoms with Gasteiger partial charge in [-0.2, -0.15) is 9.67 Å². The monoisotopic (exact) mass is 405 g/mol. The minimum atomic E-state index is -1.02. The van der Waals surface area contributed by atoms with E-state index in [0.717, 1.165) is 0 Å². The number of amides is 3. The molecule has 0 unspecified atom stereocenters. The van der Waals surface area contributed by atoms with Crippen LogP contribution in [0.3, 0.4) is 0 Å². The van der Waals surface area contributed by atoms with Crippen LogP contribution in [0.1, 0.15) is 5.56 Å². The summed E-state index contributed by atoms with van der Waals surface area (Å²) in [6.07, 6.45) is 1.23. The molecule has 0 radical (unpaired) electrons. The Kier molecular flexibility index (Phi) is 4.39. The van der Waals surface area contributed by atoms with Gasteiger partial charge < -0.3 is 0 Å². The Morgan fingerprint density at radius 3 is 2.47 bits per heavy atom. The maximum Gasteiger partial charge on any atom is 0.349 e. The van der Waals surface area contributed by atoms with Crippen LogP contribution in [-0.4, -0.2) is 32.5 Å². The van der Waals surface area contributed by atoms with E-state index >= 15 is 0 Å². The van der Waals surface area contributed by atoms with Crippen molar-refractivity contribution in [3.8, 4) is 0 Å². The van der Waals surface area contributed by atoms with E-state index in [-0.39, 0.29) is 27.6 Å². The summed E-state index contributed by atoms with van der Waals surface area (Å²) < 4.78 is 0.713. The second-order valence-corrected chi connectivity index (χ2v) is 6.23. The topological polar surface area (TPSA) is 157 Å². The van der Waals surface area contributed by atoms with Gasteiger partial charge in [0, 0.05) is 12.1 Å². The number of urea groups is 1. The van der Waals surface area contributed by atoms with Gasteiger partial charge in [-0.15, -0.1) is 0 Å². The summed E-state index contributed by atoms with van der Waals surface area (Å²) in [5.74, 6) is -1.28. The lowest BCUT2D eigenvalue weighted by Crippen LogP contribution is -2.44. The number of nitrogens with zero attached hydrogens (tertiary/aromatic N) is 3. The molecule has 0 fully saturated rings. The number of hydrogen-bond donors (Lipinski definition) is 2. The van der Waals surface area contributed by atoms with E-state index in [1.165, 1.54) is 42.5 Å². The summed E-state index contributed by atoms with van der Waals surface area (Å²) >= 11 is 0. The molecule has 30 heavy (non-hydrogen) atoms. The van der Waals surface area contributed by atoms with Gasteiger partial charge in [-0.3, -0.25) is 34.9 Å². The van der Waals surface area contributed by atoms with Crippen molar-refractivity contribution in [2.45, 2.75) is 0 Å². The van der Waals surface area contributed by atoms with Crippen molar-refractivity contribution in [2.24, 2.45) is 4.99 Å². The van der Waals surface area contributed by atoms with Gasteiger partial charge in [0.2, 0.25) is 0 Å². The van der Waals surface area contributed by atoms with Crippen LogP contribution >= 0.6 is 0 Å². The summed E-state index contributed by atoms with van der Waals surface area (Å²) in [7, 11) is 0. The maximum atomic E-state index is 12.9. The normalized spacial score (nSPS) is 15.2. The first-order valence-electron chi connectivity index (χ1n) is 8.50. The number of carbonyl (C=O) groups excluding carboxylic acids is 2. The molecule has 3 amide bonds. The molecule has 2 heterocycles. The number of benzene rings is 2. The number of rotatable bonds is 2. The third kappa shape index (κ3) is 3.20. The Morgan fingerprint density at radius 2 is 1.73 bits per heavy atom. The van der Waals surface area contributed by atoms with Crippen molar-refractivity contribution < 1.29 is 14.5 Å². The van der Waals surface area contributed by atoms with E-state index in [0.29, 0.717) is 4.68 Å². The molecule has 3 aromatic rings. The molecular formula is C19H11N5O6. The van der Waals surface area contributed by atoms with Crippen LogP contribution in [0, 0.1) is 10.1 Å². The number of aliphatic imine (C=N–C) groups is 1. The molecule has 148 valence electrons. The quantitative estimate of drug-likeness (QED) is 0.370. The van der Waals surface area contributed by atoms with Crippen molar-refractivity contribution >= 4 is 40.3 Å². The van der Waals surface area contributed by atoms with Gasteiger partial charge in [-0.25, -0.2) is 4.79 Å². The molecule has 4 rings (SSSR count). The fourth-order valence-corrected chi connectivity index (χ4v) is 3.00. The van der Waals surface area contributed by atoms with Crippen molar-refractivity contribution in [3.63, 3.8) is 0 Å². The van der Waals surface area contributed by atoms with E-state index < -0.39 is 33.8 Å². The van der Waals surface area contributed by atoms with Gasteiger partial charge in [0.25, 0.3) is 22.7 Å². The number of H-pyrrole nitrogens is 1. The first-order valence-corrected chi connectivity index (χ1v) is 8.50. The van der Waals surface area contributed by atoms with Gasteiger partial charge in [0.05, 0.1) is 21.3 Å². The largest absolute Gasteiger partial charge is 0.349 e. The Labute approximate surface area is 166 Å². The van der Waals surface area contributed by atoms with E-state index in [9.17, 15) is 29.3 Å². The fraction of sp³-hybridized carbons (Fsp3) is 0. The van der Waals surface area contributed by atoms with E-state index in [4.69, 9.17) is 0 Å². The van der Waals surface area contributed by atoms with Crippen LogP contribution in [0.25, 0.3) is 16.8 Å². The van der Waals surface area contributed by atoms with Crippen LogP contribution in [0.2, 0.25) is 0 Å². The molecule has 2 N–H and O–H groups in total. The summed E-state index contributed by atoms with van der Waals surface area (Å²) in [6, 6.07) is 10.4. The molecular weight excluding hydrogens is 394 g/mol. The van der Waals surface area contributed by atoms with Crippen LogP contribution in [0.5, 0.6) is 0 Å². The van der Waals surface area contributed by atoms with Gasteiger partial charge >= 0.3 is 6.03 Å². The standard InChI is InChI=1S/C19H11N5O6/c25-16-14(9-10-4-3-5-11(8-10)24(29)30)15(20-19(28)21-16)23-18(27)13-7-2-1-6-12(13)17(26)22-23/h1-9H,(H,22,26)(H,21,25,28)/b14-9-. The molecule has 11 nitrogen and oxygen atoms in total. The maximum absolute atomic E-state index is 12.9. The lowest BCUT2D eigenvalue weighted by atomic mass is 10.1. The zero-order valence-corrected chi connectivity index (χ0v) is 15.0. The summed E-state index contributed by atoms with van der Waals surface area (Å²) in [5, 5.41) is 15.5. The third-order valence-electron chi connectivity index (χ3n) is 4.34. The Bertz CT molecular complexity index is 1430. The van der Waals surface area contributed by atoms with Gasteiger partial charge in [-0.1, -0.05) is 24.3 Å². The van der Waals surface area contributed by atoms with Gasteiger partial charge in [0.15, 0.2) is 5.84 Å². The van der Waals surface area contributed by atoms with Crippen LogP contribution < -0.4 is 16.4 Å². The van der Waals surface area contributed by atoms with E-state index in [1.807, 2.05) is 5.32 Å². The van der Waals surface area contributed by atoms with E-state index in [2.05, 4.69) is 10.1 Å². The highest BCUT2D eigenvalue weighted by molar-refractivity contribution is 6.31. The minimum Gasteiger partial charge on any atom is -0.272 e. The lowest BCUT2D eigenvalue weighted by Gasteiger charge is -2.16. The molecule has 0 aliphatic carbocycles. The van der Waals surface area contributed by atoms with Gasteiger partial charge in [0.1, 0.15) is 0 Å². The second kappa shape index (κ2) is 7.05. The van der Waals surface area contributed by atoms with Crippen LogP contribution in [0.15, 0.2) is 68.7 Å². The number of nitro benzene ring substituents is 1. The average molecular weight is 405 g/mol. The van der Waals surface area contributed by atoms with Crippen LogP contribution in [0.4, 0.5) is 10.5 Å². The van der Waals surface area contributed by atoms with Crippen molar-refractivity contribution in [2.75, 3.05) is 0 Å². The zero-order valence-electron chi connectivity index (χ0n) is 15.0. The molecule has 0 spiro atoms. The molecule has 2 aromatic carbocycles. The average Bonchev–Trinajstić information content (AvgIpc) is 2.73. The molecule has 0 saturated carbocycles. The molecule has 1 aliphatic rings. The Balaban J connectivity index is 1.96. The third-order valence-corrected chi connectivity index (χ3v) is 4.34. The highest BCUT2D eigenvalue weighted by atomic mass is 16.6. The Hall–Kier alpha value is -4.67. The number of non-ortho nitro benzene ring substituents is 1. The summed E-state index contributed by atoms with van der Waals surface area (Å²) in [4.78, 5) is 63.6. The van der Waals surface area contributed by atoms with Crippen molar-refractivity contribution in [1.82, 2.24) is 15.1 Å². The molecule has 0 bridgehead atoms. The SMILES string of the molecule is O=C1N=C(n2[nH]c(=O)c3ccccc3c2=O)/C(=C/c2cccc([N+](=O)[O-])c2)C(=O)N1. The van der Waals surface area contributed by atoms with Crippen molar-refractivity contribution in [3.05, 3.63) is 90.5 Å². The lowest BCUT2D eigenvalue weighted by molar-refractivity contribution is -0.384. The van der Waals surface area contributed by atoms with E-state index in [1.54, 1.807) is 12.1 Å². The molecule has 11 heteroatoms. The molecule has 1 aromatic heterocycles. The minimum absolute atomic E-state index is 0.0667. The number of nitrogens with one attached hydrogen (secondary N) is 2. The smallest absolute Gasteiger partial charge is 0.272 e. The highest BCUT2D eigenvalue weighted by Crippen LogP contribution is 2.18. The molecule has 1 aliphatic heterocycles. The number of fused-ring (bicyclic) bond motifs is 1. The number of aromatic amines is 1. The molecule has 0 atom stereocenters.